The van der Waals surface area contributed by atoms with Crippen LogP contribution in [0.1, 0.15) is 18.9 Å². The summed E-state index contributed by atoms with van der Waals surface area (Å²) in [6, 6.07) is 14.8. The highest BCUT2D eigenvalue weighted by molar-refractivity contribution is 6.39. The number of carbonyl (C=O) groups excluding carboxylic acids is 3. The number of para-hydroxylation sites is 1. The van der Waals surface area contributed by atoms with Gasteiger partial charge < -0.3 is 4.74 Å². The maximum Gasteiger partial charge on any atom is 0.335 e. The monoisotopic (exact) mass is 350 g/mol. The molecule has 6 heteroatoms. The van der Waals surface area contributed by atoms with Crippen LogP contribution < -0.4 is 15.0 Å². The van der Waals surface area contributed by atoms with Crippen molar-refractivity contribution in [3.05, 3.63) is 65.7 Å². The lowest BCUT2D eigenvalue weighted by Gasteiger charge is -2.26. The third-order valence-electron chi connectivity index (χ3n) is 3.78. The molecule has 0 atom stereocenters. The van der Waals surface area contributed by atoms with Crippen LogP contribution in [0.3, 0.4) is 0 Å². The van der Waals surface area contributed by atoms with E-state index in [0.717, 1.165) is 17.1 Å². The van der Waals surface area contributed by atoms with E-state index in [2.05, 4.69) is 5.32 Å². The van der Waals surface area contributed by atoms with Gasteiger partial charge >= 0.3 is 6.03 Å². The van der Waals surface area contributed by atoms with E-state index in [4.69, 9.17) is 4.74 Å². The van der Waals surface area contributed by atoms with Crippen LogP contribution in [0.4, 0.5) is 10.5 Å². The molecular formula is C20H18N2O4. The molecule has 0 bridgehead atoms. The molecule has 1 N–H and O–H groups in total. The Hall–Kier alpha value is -3.41. The predicted molar refractivity (Wildman–Crippen MR) is 97.7 cm³/mol. The number of nitrogens with one attached hydrogen (secondary N) is 1. The molecule has 0 aliphatic carbocycles. The van der Waals surface area contributed by atoms with E-state index in [1.54, 1.807) is 54.6 Å². The van der Waals surface area contributed by atoms with Gasteiger partial charge in [-0.05, 0) is 42.3 Å². The lowest BCUT2D eigenvalue weighted by molar-refractivity contribution is -0.122. The largest absolute Gasteiger partial charge is 0.494 e. The molecule has 1 aliphatic rings. The molecule has 3 rings (SSSR count). The van der Waals surface area contributed by atoms with Crippen LogP contribution in [-0.4, -0.2) is 24.5 Å². The summed E-state index contributed by atoms with van der Waals surface area (Å²) in [6.07, 6.45) is 2.37. The van der Waals surface area contributed by atoms with Gasteiger partial charge in [-0.3, -0.25) is 14.9 Å². The van der Waals surface area contributed by atoms with E-state index in [-0.39, 0.29) is 5.57 Å². The zero-order valence-corrected chi connectivity index (χ0v) is 14.3. The first-order chi connectivity index (χ1) is 12.6. The predicted octanol–water partition coefficient (Wildman–Crippen LogP) is 3.14. The minimum atomic E-state index is -0.758. The highest BCUT2D eigenvalue weighted by Gasteiger charge is 2.36. The van der Waals surface area contributed by atoms with Crippen molar-refractivity contribution in [2.24, 2.45) is 0 Å². The fourth-order valence-electron chi connectivity index (χ4n) is 2.52. The second-order valence-corrected chi connectivity index (χ2v) is 5.71. The zero-order chi connectivity index (χ0) is 18.5. The van der Waals surface area contributed by atoms with Crippen molar-refractivity contribution in [2.45, 2.75) is 13.3 Å². The third kappa shape index (κ3) is 3.64. The zero-order valence-electron chi connectivity index (χ0n) is 14.3. The van der Waals surface area contributed by atoms with Crippen LogP contribution in [0.25, 0.3) is 6.08 Å². The Morgan fingerprint density at radius 3 is 2.35 bits per heavy atom. The minimum absolute atomic E-state index is 0.101. The van der Waals surface area contributed by atoms with Crippen molar-refractivity contribution in [1.29, 1.82) is 0 Å². The molecule has 0 radical (unpaired) electrons. The number of barbiturate groups is 1. The van der Waals surface area contributed by atoms with Gasteiger partial charge in [0, 0.05) is 0 Å². The van der Waals surface area contributed by atoms with Crippen LogP contribution in [-0.2, 0) is 9.59 Å². The van der Waals surface area contributed by atoms with Gasteiger partial charge in [0.05, 0.1) is 12.3 Å². The fraction of sp³-hybridized carbons (Fsp3) is 0.150. The number of urea groups is 1. The molecule has 132 valence electrons. The SMILES string of the molecule is CCCOc1ccc(/C=C2\C(=O)NC(=O)N(c3ccccc3)C2=O)cc1. The van der Waals surface area contributed by atoms with Gasteiger partial charge in [-0.1, -0.05) is 37.3 Å². The Morgan fingerprint density at radius 1 is 1.00 bits per heavy atom. The average molecular weight is 350 g/mol. The Morgan fingerprint density at radius 2 is 1.69 bits per heavy atom. The molecule has 2 aromatic rings. The Labute approximate surface area is 151 Å². The molecule has 2 aromatic carbocycles. The molecule has 26 heavy (non-hydrogen) atoms. The van der Waals surface area contributed by atoms with Gasteiger partial charge in [0.15, 0.2) is 0 Å². The molecule has 0 aromatic heterocycles. The quantitative estimate of drug-likeness (QED) is 0.664. The van der Waals surface area contributed by atoms with Crippen molar-refractivity contribution < 1.29 is 19.1 Å². The van der Waals surface area contributed by atoms with Crippen molar-refractivity contribution in [1.82, 2.24) is 5.32 Å². The number of anilines is 1. The molecule has 6 nitrogen and oxygen atoms in total. The van der Waals surface area contributed by atoms with Gasteiger partial charge in [-0.25, -0.2) is 9.69 Å². The Bertz CT molecular complexity index is 857. The topological polar surface area (TPSA) is 75.7 Å². The molecule has 0 spiro atoms. The third-order valence-corrected chi connectivity index (χ3v) is 3.78. The number of imide groups is 2. The number of carbonyl (C=O) groups is 3. The van der Waals surface area contributed by atoms with E-state index in [1.165, 1.54) is 6.08 Å². The first-order valence-electron chi connectivity index (χ1n) is 8.29. The molecule has 1 saturated heterocycles. The first-order valence-corrected chi connectivity index (χ1v) is 8.29. The van der Waals surface area contributed by atoms with Crippen molar-refractivity contribution >= 4 is 29.6 Å². The summed E-state index contributed by atoms with van der Waals surface area (Å²) in [4.78, 5) is 37.9. The summed E-state index contributed by atoms with van der Waals surface area (Å²) in [5.74, 6) is -0.649. The van der Waals surface area contributed by atoms with E-state index in [0.29, 0.717) is 17.9 Å². The molecular weight excluding hydrogens is 332 g/mol. The summed E-state index contributed by atoms with van der Waals surface area (Å²) in [6.45, 7) is 2.64. The van der Waals surface area contributed by atoms with Crippen LogP contribution in [0.2, 0.25) is 0 Å². The molecule has 1 fully saturated rings. The highest BCUT2D eigenvalue weighted by Crippen LogP contribution is 2.22. The van der Waals surface area contributed by atoms with Gasteiger partial charge in [0.25, 0.3) is 11.8 Å². The van der Waals surface area contributed by atoms with E-state index in [1.807, 2.05) is 6.92 Å². The lowest BCUT2D eigenvalue weighted by atomic mass is 10.1. The molecule has 0 unspecified atom stereocenters. The van der Waals surface area contributed by atoms with Crippen LogP contribution in [0.5, 0.6) is 5.75 Å². The maximum absolute atomic E-state index is 12.7. The summed E-state index contributed by atoms with van der Waals surface area (Å²) in [5.41, 5.74) is 0.960. The van der Waals surface area contributed by atoms with Gasteiger partial charge in [0.2, 0.25) is 0 Å². The Kier molecular flexibility index (Phi) is 5.12. The minimum Gasteiger partial charge on any atom is -0.494 e. The smallest absolute Gasteiger partial charge is 0.335 e. The van der Waals surface area contributed by atoms with Crippen molar-refractivity contribution in [3.63, 3.8) is 0 Å². The summed E-state index contributed by atoms with van der Waals surface area (Å²) in [5, 5.41) is 2.20. The van der Waals surface area contributed by atoms with Crippen LogP contribution >= 0.6 is 0 Å². The van der Waals surface area contributed by atoms with Gasteiger partial charge in [-0.2, -0.15) is 0 Å². The summed E-state index contributed by atoms with van der Waals surface area (Å²) >= 11 is 0. The van der Waals surface area contributed by atoms with E-state index < -0.39 is 17.8 Å². The van der Waals surface area contributed by atoms with Gasteiger partial charge in [-0.15, -0.1) is 0 Å². The second-order valence-electron chi connectivity index (χ2n) is 5.71. The Balaban J connectivity index is 1.88. The second kappa shape index (κ2) is 7.65. The van der Waals surface area contributed by atoms with Crippen LogP contribution in [0.15, 0.2) is 60.2 Å². The van der Waals surface area contributed by atoms with Crippen molar-refractivity contribution in [2.75, 3.05) is 11.5 Å². The fourth-order valence-corrected chi connectivity index (χ4v) is 2.52. The summed E-state index contributed by atoms with van der Waals surface area (Å²) in [7, 11) is 0. The number of hydrogen-bond acceptors (Lipinski definition) is 4. The highest BCUT2D eigenvalue weighted by atomic mass is 16.5. The molecule has 1 aliphatic heterocycles. The molecule has 4 amide bonds. The van der Waals surface area contributed by atoms with Crippen molar-refractivity contribution in [3.8, 4) is 5.75 Å². The first kappa shape index (κ1) is 17.4. The lowest BCUT2D eigenvalue weighted by Crippen LogP contribution is -2.54. The number of hydrogen-bond donors (Lipinski definition) is 1. The normalized spacial score (nSPS) is 16.0. The molecule has 0 saturated carbocycles. The standard InChI is InChI=1S/C20H18N2O4/c1-2-12-26-16-10-8-14(9-11-16)13-17-18(23)21-20(25)22(19(17)24)15-6-4-3-5-7-15/h3-11,13H,2,12H2,1H3,(H,21,23,25)/b17-13+. The molecule has 1 heterocycles. The number of benzene rings is 2. The maximum atomic E-state index is 12.7. The number of nitrogens with zero attached hydrogens (tertiary/aromatic N) is 1. The van der Waals surface area contributed by atoms with Crippen LogP contribution in [0, 0.1) is 0 Å². The average Bonchev–Trinajstić information content (AvgIpc) is 2.65. The summed E-state index contributed by atoms with van der Waals surface area (Å²) < 4.78 is 5.51. The number of rotatable bonds is 5. The number of amides is 4. The number of ether oxygens (including phenoxy) is 1. The van der Waals surface area contributed by atoms with E-state index in [9.17, 15) is 14.4 Å². The van der Waals surface area contributed by atoms with Gasteiger partial charge in [0.1, 0.15) is 11.3 Å². The van der Waals surface area contributed by atoms with E-state index >= 15 is 0 Å².